The molecule has 0 radical (unpaired) electrons. The van der Waals surface area contributed by atoms with E-state index in [1.807, 2.05) is 30.3 Å². The minimum atomic E-state index is -4.03. The van der Waals surface area contributed by atoms with E-state index in [1.165, 1.54) is 31.5 Å². The van der Waals surface area contributed by atoms with Crippen LogP contribution in [0.2, 0.25) is 0 Å². The number of rotatable bonds is 8. The number of pyridine rings is 1. The maximum atomic E-state index is 12.9. The summed E-state index contributed by atoms with van der Waals surface area (Å²) in [5.41, 5.74) is 1.27. The second kappa shape index (κ2) is 9.23. The molecule has 0 fully saturated rings. The summed E-state index contributed by atoms with van der Waals surface area (Å²) in [4.78, 5) is 16.8. The normalized spacial score (nSPS) is 10.8. The van der Waals surface area contributed by atoms with Gasteiger partial charge >= 0.3 is 5.97 Å². The number of ether oxygens (including phenoxy) is 2. The zero-order valence-corrected chi connectivity index (χ0v) is 17.1. The molecule has 0 saturated heterocycles. The number of aromatic nitrogens is 1. The predicted molar refractivity (Wildman–Crippen MR) is 114 cm³/mol. The molecule has 7 nitrogen and oxygen atoms in total. The number of hydrogen-bond donors (Lipinski definition) is 1. The van der Waals surface area contributed by atoms with Crippen molar-refractivity contribution in [2.24, 2.45) is 0 Å². The Labute approximate surface area is 175 Å². The Morgan fingerprint density at radius 3 is 2.47 bits per heavy atom. The second-order valence-electron chi connectivity index (χ2n) is 6.15. The highest BCUT2D eigenvalue weighted by Crippen LogP contribution is 2.33. The molecule has 0 spiro atoms. The number of methoxy groups -OCH3 is 1. The van der Waals surface area contributed by atoms with Gasteiger partial charge in [-0.1, -0.05) is 49.1 Å². The Bertz CT molecular complexity index is 1150. The van der Waals surface area contributed by atoms with E-state index < -0.39 is 16.0 Å². The largest absolute Gasteiger partial charge is 0.495 e. The molecule has 3 rings (SSSR count). The van der Waals surface area contributed by atoms with Gasteiger partial charge in [0.05, 0.1) is 12.8 Å². The van der Waals surface area contributed by atoms with Gasteiger partial charge in [-0.2, -0.15) is 8.42 Å². The molecule has 0 aliphatic rings. The van der Waals surface area contributed by atoms with Gasteiger partial charge in [0.2, 0.25) is 0 Å². The van der Waals surface area contributed by atoms with Crippen LogP contribution < -0.4 is 9.46 Å². The average Bonchev–Trinajstić information content (AvgIpc) is 2.78. The molecule has 8 heteroatoms. The third-order valence-corrected chi connectivity index (χ3v) is 5.47. The summed E-state index contributed by atoms with van der Waals surface area (Å²) in [6, 6.07) is 16.7. The molecule has 0 saturated carbocycles. The fourth-order valence-electron chi connectivity index (χ4n) is 2.77. The van der Waals surface area contributed by atoms with E-state index in [-0.39, 0.29) is 28.6 Å². The van der Waals surface area contributed by atoms with Crippen LogP contribution in [0.15, 0.2) is 78.5 Å². The average molecular weight is 424 g/mol. The third-order valence-electron chi connectivity index (χ3n) is 4.19. The van der Waals surface area contributed by atoms with E-state index >= 15 is 0 Å². The SMILES string of the molecule is C=Cc1ccc(NS(=O)(=O)c2ccccn2)c(C(=O)OCc2ccccc2)c1OC. The Morgan fingerprint density at radius 2 is 1.83 bits per heavy atom. The van der Waals surface area contributed by atoms with Crippen molar-refractivity contribution in [1.82, 2.24) is 4.98 Å². The van der Waals surface area contributed by atoms with Crippen LogP contribution in [-0.4, -0.2) is 26.5 Å². The van der Waals surface area contributed by atoms with E-state index in [0.29, 0.717) is 5.56 Å². The number of anilines is 1. The summed E-state index contributed by atoms with van der Waals surface area (Å²) in [5.74, 6) is -0.581. The van der Waals surface area contributed by atoms with Crippen molar-refractivity contribution in [1.29, 1.82) is 0 Å². The van der Waals surface area contributed by atoms with Gasteiger partial charge in [-0.3, -0.25) is 4.72 Å². The smallest absolute Gasteiger partial charge is 0.344 e. The maximum Gasteiger partial charge on any atom is 0.344 e. The van der Waals surface area contributed by atoms with Crippen LogP contribution in [0.3, 0.4) is 0 Å². The number of hydrogen-bond acceptors (Lipinski definition) is 6. The summed E-state index contributed by atoms with van der Waals surface area (Å²) in [7, 11) is -2.65. The highest BCUT2D eigenvalue weighted by Gasteiger charge is 2.25. The minimum Gasteiger partial charge on any atom is -0.495 e. The van der Waals surface area contributed by atoms with Crippen LogP contribution in [0.5, 0.6) is 5.75 Å². The topological polar surface area (TPSA) is 94.6 Å². The quantitative estimate of drug-likeness (QED) is 0.551. The van der Waals surface area contributed by atoms with E-state index in [9.17, 15) is 13.2 Å². The van der Waals surface area contributed by atoms with Crippen molar-refractivity contribution in [2.75, 3.05) is 11.8 Å². The lowest BCUT2D eigenvalue weighted by Gasteiger charge is -2.17. The van der Waals surface area contributed by atoms with Crippen LogP contribution in [-0.2, 0) is 21.4 Å². The lowest BCUT2D eigenvalue weighted by Crippen LogP contribution is -2.18. The third kappa shape index (κ3) is 4.66. The summed E-state index contributed by atoms with van der Waals surface area (Å²) < 4.78 is 38.6. The molecule has 0 bridgehead atoms. The molecule has 0 aliphatic heterocycles. The molecular weight excluding hydrogens is 404 g/mol. The number of nitrogens with zero attached hydrogens (tertiary/aromatic N) is 1. The Balaban J connectivity index is 1.99. The fraction of sp³-hybridized carbons (Fsp3) is 0.0909. The van der Waals surface area contributed by atoms with Crippen molar-refractivity contribution < 1.29 is 22.7 Å². The standard InChI is InChI=1S/C22H20N2O5S/c1-3-17-12-13-18(24-30(26,27)19-11-7-8-14-23-19)20(21(17)28-2)22(25)29-15-16-9-5-4-6-10-16/h3-14,24H,1,15H2,2H3. The molecule has 0 aliphatic carbocycles. The molecule has 3 aromatic rings. The lowest BCUT2D eigenvalue weighted by molar-refractivity contribution is 0.0470. The number of benzene rings is 2. The van der Waals surface area contributed by atoms with Crippen LogP contribution in [0.1, 0.15) is 21.5 Å². The molecule has 1 N–H and O–H groups in total. The summed E-state index contributed by atoms with van der Waals surface area (Å²) in [6.07, 6.45) is 2.87. The molecular formula is C22H20N2O5S. The van der Waals surface area contributed by atoms with Crippen molar-refractivity contribution in [3.63, 3.8) is 0 Å². The monoisotopic (exact) mass is 424 g/mol. The van der Waals surface area contributed by atoms with Crippen LogP contribution in [0.4, 0.5) is 5.69 Å². The number of carbonyl (C=O) groups is 1. The Hall–Kier alpha value is -3.65. The van der Waals surface area contributed by atoms with Gasteiger partial charge in [-0.25, -0.2) is 9.78 Å². The number of sulfonamides is 1. The zero-order valence-electron chi connectivity index (χ0n) is 16.2. The van der Waals surface area contributed by atoms with E-state index in [4.69, 9.17) is 9.47 Å². The fourth-order valence-corrected chi connectivity index (χ4v) is 3.79. The zero-order chi connectivity index (χ0) is 21.6. The van der Waals surface area contributed by atoms with Gasteiger partial charge in [-0.05, 0) is 29.8 Å². The Kier molecular flexibility index (Phi) is 6.48. The van der Waals surface area contributed by atoms with Gasteiger partial charge < -0.3 is 9.47 Å². The number of esters is 1. The number of nitrogens with one attached hydrogen (secondary N) is 1. The molecule has 0 amide bonds. The molecule has 154 valence electrons. The van der Waals surface area contributed by atoms with Crippen LogP contribution in [0.25, 0.3) is 6.08 Å². The van der Waals surface area contributed by atoms with Gasteiger partial charge in [0, 0.05) is 11.8 Å². The molecule has 0 unspecified atom stereocenters. The van der Waals surface area contributed by atoms with Gasteiger partial charge in [0.15, 0.2) is 5.03 Å². The van der Waals surface area contributed by atoms with Crippen molar-refractivity contribution >= 4 is 27.8 Å². The van der Waals surface area contributed by atoms with E-state index in [1.54, 1.807) is 18.2 Å². The summed E-state index contributed by atoms with van der Waals surface area (Å²) in [5, 5.41) is -0.180. The first-order valence-electron chi connectivity index (χ1n) is 8.94. The summed E-state index contributed by atoms with van der Waals surface area (Å²) >= 11 is 0. The highest BCUT2D eigenvalue weighted by molar-refractivity contribution is 7.92. The molecule has 30 heavy (non-hydrogen) atoms. The van der Waals surface area contributed by atoms with Crippen molar-refractivity contribution in [2.45, 2.75) is 11.6 Å². The molecule has 1 aromatic heterocycles. The van der Waals surface area contributed by atoms with Crippen molar-refractivity contribution in [3.8, 4) is 5.75 Å². The highest BCUT2D eigenvalue weighted by atomic mass is 32.2. The first-order chi connectivity index (χ1) is 14.5. The minimum absolute atomic E-state index is 0.0150. The first-order valence-corrected chi connectivity index (χ1v) is 10.4. The molecule has 1 heterocycles. The molecule has 0 atom stereocenters. The summed E-state index contributed by atoms with van der Waals surface area (Å²) in [6.45, 7) is 3.73. The van der Waals surface area contributed by atoms with Gasteiger partial charge in [0.1, 0.15) is 17.9 Å². The van der Waals surface area contributed by atoms with E-state index in [0.717, 1.165) is 5.56 Å². The lowest BCUT2D eigenvalue weighted by atomic mass is 10.1. The van der Waals surface area contributed by atoms with Gasteiger partial charge in [-0.15, -0.1) is 0 Å². The maximum absolute atomic E-state index is 12.9. The first kappa shape index (κ1) is 21.1. The van der Waals surface area contributed by atoms with Gasteiger partial charge in [0.25, 0.3) is 10.0 Å². The van der Waals surface area contributed by atoms with E-state index in [2.05, 4.69) is 16.3 Å². The Morgan fingerprint density at radius 1 is 1.10 bits per heavy atom. The second-order valence-corrected chi connectivity index (χ2v) is 7.78. The van der Waals surface area contributed by atoms with Crippen LogP contribution >= 0.6 is 0 Å². The predicted octanol–water partition coefficient (Wildman–Crippen LogP) is 3.89. The molecule has 2 aromatic carbocycles. The van der Waals surface area contributed by atoms with Crippen LogP contribution in [0, 0.1) is 0 Å². The van der Waals surface area contributed by atoms with Crippen molar-refractivity contribution in [3.05, 3.63) is 90.1 Å². The number of carbonyl (C=O) groups excluding carboxylic acids is 1.